The first kappa shape index (κ1) is 19.6. The Hall–Kier alpha value is -3.36. The molecule has 0 spiro atoms. The standard InChI is InChI=1S/C22H27N7O2/c1-31-19-4-2-3-18(15-19)26-11-13-28(14-12-26)22(30)17-7-9-27(10-8-17)21-6-5-20-24-23-16-29(20)25-21/h2-6,15-17H,7-14H2,1H3. The van der Waals surface area contributed by atoms with Crippen molar-refractivity contribution in [2.24, 2.45) is 5.92 Å². The molecular formula is C22H27N7O2. The Kier molecular flexibility index (Phi) is 5.31. The van der Waals surface area contributed by atoms with Crippen molar-refractivity contribution in [3.05, 3.63) is 42.7 Å². The van der Waals surface area contributed by atoms with Gasteiger partial charge in [-0.1, -0.05) is 6.07 Å². The SMILES string of the molecule is COc1cccc(N2CCN(C(=O)C3CCN(c4ccc5nncn5n4)CC3)CC2)c1. The van der Waals surface area contributed by atoms with Crippen LogP contribution in [0.2, 0.25) is 0 Å². The van der Waals surface area contributed by atoms with Crippen LogP contribution in [0.15, 0.2) is 42.7 Å². The fourth-order valence-corrected chi connectivity index (χ4v) is 4.49. The molecule has 5 rings (SSSR count). The van der Waals surface area contributed by atoms with Crippen molar-refractivity contribution in [3.63, 3.8) is 0 Å². The van der Waals surface area contributed by atoms with Crippen molar-refractivity contribution in [1.82, 2.24) is 24.7 Å². The third kappa shape index (κ3) is 3.99. The molecule has 2 fully saturated rings. The molecule has 2 aliphatic rings. The monoisotopic (exact) mass is 421 g/mol. The normalized spacial score (nSPS) is 17.9. The highest BCUT2D eigenvalue weighted by molar-refractivity contribution is 5.79. The molecule has 0 aliphatic carbocycles. The van der Waals surface area contributed by atoms with Gasteiger partial charge in [0.1, 0.15) is 17.9 Å². The Morgan fingerprint density at radius 1 is 1.00 bits per heavy atom. The van der Waals surface area contributed by atoms with E-state index in [0.717, 1.165) is 75.0 Å². The minimum Gasteiger partial charge on any atom is -0.497 e. The van der Waals surface area contributed by atoms with E-state index < -0.39 is 0 Å². The van der Waals surface area contributed by atoms with Gasteiger partial charge in [0, 0.05) is 56.9 Å². The fourth-order valence-electron chi connectivity index (χ4n) is 4.49. The zero-order valence-corrected chi connectivity index (χ0v) is 17.7. The lowest BCUT2D eigenvalue weighted by molar-refractivity contribution is -0.136. The molecule has 2 saturated heterocycles. The zero-order chi connectivity index (χ0) is 21.2. The second kappa shape index (κ2) is 8.41. The van der Waals surface area contributed by atoms with Gasteiger partial charge < -0.3 is 19.4 Å². The number of nitrogens with zero attached hydrogens (tertiary/aromatic N) is 7. The lowest BCUT2D eigenvalue weighted by Gasteiger charge is -2.39. The fraction of sp³-hybridized carbons (Fsp3) is 0.455. The molecule has 0 bridgehead atoms. The van der Waals surface area contributed by atoms with E-state index in [0.29, 0.717) is 5.91 Å². The number of methoxy groups -OCH3 is 1. The van der Waals surface area contributed by atoms with Gasteiger partial charge in [-0.15, -0.1) is 15.3 Å². The number of aromatic nitrogens is 4. The topological polar surface area (TPSA) is 79.1 Å². The largest absolute Gasteiger partial charge is 0.497 e. The number of anilines is 2. The van der Waals surface area contributed by atoms with Gasteiger partial charge >= 0.3 is 0 Å². The number of fused-ring (bicyclic) bond motifs is 1. The van der Waals surface area contributed by atoms with Crippen LogP contribution in [0.1, 0.15) is 12.8 Å². The Labute approximate surface area is 181 Å². The molecule has 1 amide bonds. The highest BCUT2D eigenvalue weighted by Gasteiger charge is 2.31. The van der Waals surface area contributed by atoms with Gasteiger partial charge in [0.25, 0.3) is 0 Å². The molecule has 0 unspecified atom stereocenters. The quantitative estimate of drug-likeness (QED) is 0.634. The molecule has 1 aromatic carbocycles. The zero-order valence-electron chi connectivity index (χ0n) is 17.7. The summed E-state index contributed by atoms with van der Waals surface area (Å²) in [6.45, 7) is 4.90. The molecule has 2 aromatic heterocycles. The first-order valence-electron chi connectivity index (χ1n) is 10.8. The van der Waals surface area contributed by atoms with Crippen LogP contribution in [0.25, 0.3) is 5.65 Å². The van der Waals surface area contributed by atoms with E-state index in [1.54, 1.807) is 18.0 Å². The van der Waals surface area contributed by atoms with Crippen LogP contribution in [-0.4, -0.2) is 77.0 Å². The number of amides is 1. The van der Waals surface area contributed by atoms with Crippen molar-refractivity contribution < 1.29 is 9.53 Å². The minimum absolute atomic E-state index is 0.0956. The number of piperidine rings is 1. The summed E-state index contributed by atoms with van der Waals surface area (Å²) < 4.78 is 7.02. The number of rotatable bonds is 4. The van der Waals surface area contributed by atoms with Crippen molar-refractivity contribution in [2.75, 3.05) is 56.2 Å². The van der Waals surface area contributed by atoms with Crippen LogP contribution in [0, 0.1) is 5.92 Å². The maximum atomic E-state index is 13.1. The summed E-state index contributed by atoms with van der Waals surface area (Å²) >= 11 is 0. The molecular weight excluding hydrogens is 394 g/mol. The Bertz CT molecular complexity index is 1050. The number of hydrogen-bond donors (Lipinski definition) is 0. The van der Waals surface area contributed by atoms with Gasteiger partial charge in [0.2, 0.25) is 5.91 Å². The highest BCUT2D eigenvalue weighted by Crippen LogP contribution is 2.26. The van der Waals surface area contributed by atoms with Gasteiger partial charge in [0.05, 0.1) is 7.11 Å². The van der Waals surface area contributed by atoms with E-state index in [9.17, 15) is 4.79 Å². The number of piperazine rings is 1. The van der Waals surface area contributed by atoms with Crippen molar-refractivity contribution >= 4 is 23.1 Å². The molecule has 2 aliphatic heterocycles. The Balaban J connectivity index is 1.15. The second-order valence-electron chi connectivity index (χ2n) is 8.10. The summed E-state index contributed by atoms with van der Waals surface area (Å²) in [5, 5.41) is 12.5. The molecule has 4 heterocycles. The summed E-state index contributed by atoms with van der Waals surface area (Å²) in [4.78, 5) is 19.7. The molecule has 9 heteroatoms. The molecule has 162 valence electrons. The van der Waals surface area contributed by atoms with Crippen LogP contribution in [0.3, 0.4) is 0 Å². The van der Waals surface area contributed by atoms with E-state index in [2.05, 4.69) is 37.2 Å². The number of hydrogen-bond acceptors (Lipinski definition) is 7. The van der Waals surface area contributed by atoms with Crippen LogP contribution in [0.4, 0.5) is 11.5 Å². The Morgan fingerprint density at radius 3 is 2.58 bits per heavy atom. The number of benzene rings is 1. The predicted octanol–water partition coefficient (Wildman–Crippen LogP) is 1.70. The summed E-state index contributed by atoms with van der Waals surface area (Å²) in [5.41, 5.74) is 1.89. The van der Waals surface area contributed by atoms with Crippen molar-refractivity contribution in [1.29, 1.82) is 0 Å². The second-order valence-corrected chi connectivity index (χ2v) is 8.10. The minimum atomic E-state index is 0.0956. The molecule has 9 nitrogen and oxygen atoms in total. The number of carbonyl (C=O) groups is 1. The average Bonchev–Trinajstić information content (AvgIpc) is 3.32. The van der Waals surface area contributed by atoms with Gasteiger partial charge in [0.15, 0.2) is 5.65 Å². The smallest absolute Gasteiger partial charge is 0.225 e. The lowest BCUT2D eigenvalue weighted by Crippen LogP contribution is -2.51. The van der Waals surface area contributed by atoms with Crippen molar-refractivity contribution in [3.8, 4) is 5.75 Å². The van der Waals surface area contributed by atoms with Gasteiger partial charge in [-0.05, 0) is 37.1 Å². The summed E-state index contributed by atoms with van der Waals surface area (Å²) in [6.07, 6.45) is 3.33. The maximum absolute atomic E-state index is 13.1. The third-order valence-electron chi connectivity index (χ3n) is 6.33. The molecule has 0 saturated carbocycles. The van der Waals surface area contributed by atoms with E-state index in [1.165, 1.54) is 0 Å². The molecule has 31 heavy (non-hydrogen) atoms. The third-order valence-corrected chi connectivity index (χ3v) is 6.33. The summed E-state index contributed by atoms with van der Waals surface area (Å²) in [7, 11) is 1.68. The lowest BCUT2D eigenvalue weighted by atomic mass is 9.95. The number of ether oxygens (including phenoxy) is 1. The summed E-state index contributed by atoms with van der Waals surface area (Å²) in [6, 6.07) is 12.0. The molecule has 3 aromatic rings. The Morgan fingerprint density at radius 2 is 1.81 bits per heavy atom. The van der Waals surface area contributed by atoms with Gasteiger partial charge in [-0.2, -0.15) is 4.52 Å². The van der Waals surface area contributed by atoms with E-state index in [4.69, 9.17) is 4.74 Å². The van der Waals surface area contributed by atoms with Crippen LogP contribution in [-0.2, 0) is 4.79 Å². The molecule has 0 radical (unpaired) electrons. The van der Waals surface area contributed by atoms with Gasteiger partial charge in [-0.25, -0.2) is 0 Å². The van der Waals surface area contributed by atoms with Gasteiger partial charge in [-0.3, -0.25) is 4.79 Å². The molecule has 0 atom stereocenters. The summed E-state index contributed by atoms with van der Waals surface area (Å²) in [5.74, 6) is 2.16. The van der Waals surface area contributed by atoms with Crippen molar-refractivity contribution in [2.45, 2.75) is 12.8 Å². The van der Waals surface area contributed by atoms with Crippen LogP contribution in [0.5, 0.6) is 5.75 Å². The first-order valence-corrected chi connectivity index (χ1v) is 10.8. The van der Waals surface area contributed by atoms with E-state index in [-0.39, 0.29) is 5.92 Å². The maximum Gasteiger partial charge on any atom is 0.225 e. The van der Waals surface area contributed by atoms with Crippen LogP contribution < -0.4 is 14.5 Å². The molecule has 0 N–H and O–H groups in total. The van der Waals surface area contributed by atoms with E-state index >= 15 is 0 Å². The highest BCUT2D eigenvalue weighted by atomic mass is 16.5. The predicted molar refractivity (Wildman–Crippen MR) is 118 cm³/mol. The average molecular weight is 422 g/mol. The number of carbonyl (C=O) groups excluding carboxylic acids is 1. The first-order chi connectivity index (χ1) is 15.2. The van der Waals surface area contributed by atoms with E-state index in [1.807, 2.05) is 29.2 Å². The van der Waals surface area contributed by atoms with Crippen LogP contribution >= 0.6 is 0 Å².